The second kappa shape index (κ2) is 3.80. The Bertz CT molecular complexity index is 471. The molecule has 1 fully saturated rings. The van der Waals surface area contributed by atoms with Crippen LogP contribution in [0.5, 0.6) is 11.5 Å². The number of aromatic hydroxyl groups is 2. The zero-order valence-corrected chi connectivity index (χ0v) is 11.0. The number of nitrogen functional groups attached to an aromatic ring is 1. The van der Waals surface area contributed by atoms with Crippen molar-refractivity contribution in [1.82, 2.24) is 0 Å². The van der Waals surface area contributed by atoms with Crippen LogP contribution in [0, 0.1) is 0 Å². The molecule has 0 aromatic heterocycles. The van der Waals surface area contributed by atoms with E-state index in [9.17, 15) is 10.2 Å². The van der Waals surface area contributed by atoms with Gasteiger partial charge in [0.15, 0.2) is 11.5 Å². The lowest BCUT2D eigenvalue weighted by molar-refractivity contribution is 0.00578. The minimum Gasteiger partial charge on any atom is -0.504 e. The highest BCUT2D eigenvalue weighted by Crippen LogP contribution is 2.38. The van der Waals surface area contributed by atoms with E-state index in [4.69, 9.17) is 15.0 Å². The Labute approximate surface area is 107 Å². The predicted molar refractivity (Wildman–Crippen MR) is 69.9 cm³/mol. The molecule has 1 aromatic rings. The molecular formula is C12H18BNO4. The van der Waals surface area contributed by atoms with Crippen molar-refractivity contribution in [2.45, 2.75) is 38.9 Å². The summed E-state index contributed by atoms with van der Waals surface area (Å²) < 4.78 is 11.6. The van der Waals surface area contributed by atoms with Gasteiger partial charge in [0.25, 0.3) is 0 Å². The lowest BCUT2D eigenvalue weighted by atomic mass is 9.78. The minimum absolute atomic E-state index is 0.118. The Hall–Kier alpha value is -1.40. The van der Waals surface area contributed by atoms with Gasteiger partial charge in [-0.25, -0.2) is 0 Å². The van der Waals surface area contributed by atoms with E-state index in [-0.39, 0.29) is 17.2 Å². The molecule has 0 unspecified atom stereocenters. The summed E-state index contributed by atoms with van der Waals surface area (Å²) in [6, 6.07) is 3.10. The number of phenols is 2. The first-order valence-corrected chi connectivity index (χ1v) is 5.81. The largest absolute Gasteiger partial charge is 0.504 e. The van der Waals surface area contributed by atoms with Crippen LogP contribution in [0.4, 0.5) is 5.69 Å². The van der Waals surface area contributed by atoms with Gasteiger partial charge in [-0.15, -0.1) is 0 Å². The lowest BCUT2D eigenvalue weighted by Crippen LogP contribution is -2.41. The number of nitrogens with two attached hydrogens (primary N) is 1. The van der Waals surface area contributed by atoms with Gasteiger partial charge in [0.05, 0.1) is 16.9 Å². The summed E-state index contributed by atoms with van der Waals surface area (Å²) in [4.78, 5) is 0. The van der Waals surface area contributed by atoms with Crippen LogP contribution in [0.3, 0.4) is 0 Å². The molecule has 1 saturated heterocycles. The lowest BCUT2D eigenvalue weighted by Gasteiger charge is -2.32. The van der Waals surface area contributed by atoms with Gasteiger partial charge in [0, 0.05) is 5.46 Å². The third-order valence-corrected chi connectivity index (χ3v) is 3.72. The van der Waals surface area contributed by atoms with Gasteiger partial charge in [0.2, 0.25) is 0 Å². The van der Waals surface area contributed by atoms with Crippen LogP contribution in [-0.4, -0.2) is 28.5 Å². The summed E-state index contributed by atoms with van der Waals surface area (Å²) in [6.45, 7) is 7.67. The van der Waals surface area contributed by atoms with Gasteiger partial charge in [-0.3, -0.25) is 0 Å². The van der Waals surface area contributed by atoms with Crippen molar-refractivity contribution in [3.8, 4) is 11.5 Å². The maximum absolute atomic E-state index is 9.89. The topological polar surface area (TPSA) is 84.9 Å². The fourth-order valence-corrected chi connectivity index (χ4v) is 1.77. The number of hydrogen-bond donors (Lipinski definition) is 3. The second-order valence-corrected chi connectivity index (χ2v) is 5.53. The summed E-state index contributed by atoms with van der Waals surface area (Å²) in [7, 11) is -0.721. The van der Waals surface area contributed by atoms with E-state index in [1.54, 1.807) is 6.07 Å². The Morgan fingerprint density at radius 1 is 1.00 bits per heavy atom. The average Bonchev–Trinajstić information content (AvgIpc) is 2.45. The molecule has 0 amide bonds. The molecule has 98 valence electrons. The van der Waals surface area contributed by atoms with E-state index in [0.717, 1.165) is 0 Å². The van der Waals surface area contributed by atoms with Gasteiger partial charge in [-0.2, -0.15) is 0 Å². The molecule has 0 saturated carbocycles. The normalized spacial score (nSPS) is 21.2. The summed E-state index contributed by atoms with van der Waals surface area (Å²) in [6.07, 6.45) is 0. The zero-order valence-electron chi connectivity index (χ0n) is 11.0. The third-order valence-electron chi connectivity index (χ3n) is 3.72. The van der Waals surface area contributed by atoms with Crippen molar-refractivity contribution in [2.75, 3.05) is 5.73 Å². The van der Waals surface area contributed by atoms with Gasteiger partial charge in [-0.1, -0.05) is 6.07 Å². The molecule has 0 bridgehead atoms. The number of phenolic OH excluding ortho intramolecular Hbond substituents is 2. The molecule has 0 spiro atoms. The molecule has 0 radical (unpaired) electrons. The van der Waals surface area contributed by atoms with Crippen LogP contribution in [0.2, 0.25) is 0 Å². The predicted octanol–water partition coefficient (Wildman–Crippen LogP) is 0.979. The maximum Gasteiger partial charge on any atom is 0.498 e. The van der Waals surface area contributed by atoms with E-state index in [1.165, 1.54) is 6.07 Å². The highest BCUT2D eigenvalue weighted by Gasteiger charge is 2.52. The molecule has 4 N–H and O–H groups in total. The quantitative estimate of drug-likeness (QED) is 0.393. The van der Waals surface area contributed by atoms with Crippen LogP contribution in [0.15, 0.2) is 12.1 Å². The molecule has 0 atom stereocenters. The van der Waals surface area contributed by atoms with Crippen molar-refractivity contribution >= 4 is 18.3 Å². The summed E-state index contributed by atoms with van der Waals surface area (Å²) >= 11 is 0. The van der Waals surface area contributed by atoms with Gasteiger partial charge < -0.3 is 25.3 Å². The molecule has 1 heterocycles. The van der Waals surface area contributed by atoms with E-state index < -0.39 is 18.3 Å². The van der Waals surface area contributed by atoms with Crippen LogP contribution in [0.25, 0.3) is 0 Å². The maximum atomic E-state index is 9.89. The summed E-state index contributed by atoms with van der Waals surface area (Å²) in [5.74, 6) is -0.643. The van der Waals surface area contributed by atoms with E-state index in [2.05, 4.69) is 0 Å². The van der Waals surface area contributed by atoms with Crippen molar-refractivity contribution < 1.29 is 19.5 Å². The second-order valence-electron chi connectivity index (χ2n) is 5.53. The van der Waals surface area contributed by atoms with Crippen LogP contribution in [0.1, 0.15) is 27.7 Å². The Balaban J connectivity index is 2.39. The monoisotopic (exact) mass is 251 g/mol. The molecule has 18 heavy (non-hydrogen) atoms. The van der Waals surface area contributed by atoms with Crippen LogP contribution >= 0.6 is 0 Å². The molecule has 1 aromatic carbocycles. The first kappa shape index (κ1) is 13.0. The Morgan fingerprint density at radius 2 is 1.50 bits per heavy atom. The molecule has 6 heteroatoms. The van der Waals surface area contributed by atoms with Crippen molar-refractivity contribution in [3.63, 3.8) is 0 Å². The minimum atomic E-state index is -0.721. The highest BCUT2D eigenvalue weighted by molar-refractivity contribution is 6.63. The number of anilines is 1. The standard InChI is InChI=1S/C12H18BNO4/c1-11(2)12(3,4)18-13(17-11)7-5-6-8(14)10(16)9(7)15/h5-6,15-16H,14H2,1-4H3. The fraction of sp³-hybridized carbons (Fsp3) is 0.500. The van der Waals surface area contributed by atoms with E-state index in [0.29, 0.717) is 5.46 Å². The molecular weight excluding hydrogens is 233 g/mol. The number of hydrogen-bond acceptors (Lipinski definition) is 5. The summed E-state index contributed by atoms with van der Waals surface area (Å²) in [5.41, 5.74) is 5.00. The number of rotatable bonds is 1. The molecule has 1 aliphatic rings. The number of benzene rings is 1. The van der Waals surface area contributed by atoms with Crippen LogP contribution in [-0.2, 0) is 9.31 Å². The average molecular weight is 251 g/mol. The molecule has 2 rings (SSSR count). The zero-order chi connectivity index (χ0) is 13.7. The van der Waals surface area contributed by atoms with Crippen molar-refractivity contribution in [2.24, 2.45) is 0 Å². The highest BCUT2D eigenvalue weighted by atomic mass is 16.7. The SMILES string of the molecule is CC1(C)OB(c2ccc(N)c(O)c2O)OC1(C)C. The Morgan fingerprint density at radius 3 is 2.00 bits per heavy atom. The first-order chi connectivity index (χ1) is 8.16. The van der Waals surface area contributed by atoms with Crippen molar-refractivity contribution in [3.05, 3.63) is 12.1 Å². The summed E-state index contributed by atoms with van der Waals surface area (Å²) in [5, 5.41) is 19.5. The molecule has 0 aliphatic carbocycles. The Kier molecular flexibility index (Phi) is 2.75. The van der Waals surface area contributed by atoms with Gasteiger partial charge in [0.1, 0.15) is 0 Å². The molecule has 5 nitrogen and oxygen atoms in total. The van der Waals surface area contributed by atoms with Crippen molar-refractivity contribution in [1.29, 1.82) is 0 Å². The first-order valence-electron chi connectivity index (χ1n) is 5.81. The third kappa shape index (κ3) is 1.81. The smallest absolute Gasteiger partial charge is 0.498 e. The van der Waals surface area contributed by atoms with E-state index >= 15 is 0 Å². The van der Waals surface area contributed by atoms with Gasteiger partial charge in [-0.05, 0) is 33.8 Å². The molecule has 1 aliphatic heterocycles. The van der Waals surface area contributed by atoms with Crippen LogP contribution < -0.4 is 11.2 Å². The van der Waals surface area contributed by atoms with Gasteiger partial charge >= 0.3 is 7.12 Å². The fourth-order valence-electron chi connectivity index (χ4n) is 1.77. The van der Waals surface area contributed by atoms with E-state index in [1.807, 2.05) is 27.7 Å².